The minimum absolute atomic E-state index is 0.234. The summed E-state index contributed by atoms with van der Waals surface area (Å²) in [5.74, 6) is 0.855. The lowest BCUT2D eigenvalue weighted by Crippen LogP contribution is -2.21. The van der Waals surface area contributed by atoms with Crippen molar-refractivity contribution in [3.05, 3.63) is 18.2 Å². The van der Waals surface area contributed by atoms with E-state index in [1.807, 2.05) is 10.6 Å². The number of sulfone groups is 1. The highest BCUT2D eigenvalue weighted by molar-refractivity contribution is 7.91. The second kappa shape index (κ2) is 5.31. The number of aromatic nitrogens is 2. The fourth-order valence-corrected chi connectivity index (χ4v) is 3.64. The number of fused-ring (bicyclic) bond motifs is 1. The summed E-state index contributed by atoms with van der Waals surface area (Å²) in [6.07, 6.45) is 3.17. The molecule has 1 aromatic heterocycles. The van der Waals surface area contributed by atoms with Gasteiger partial charge in [0.2, 0.25) is 5.95 Å². The molecule has 2 aromatic rings. The van der Waals surface area contributed by atoms with E-state index in [1.165, 1.54) is 6.26 Å². The lowest BCUT2D eigenvalue weighted by Gasteiger charge is -2.23. The van der Waals surface area contributed by atoms with Crippen LogP contribution in [-0.2, 0) is 21.1 Å². The van der Waals surface area contributed by atoms with Crippen LogP contribution in [0.3, 0.4) is 0 Å². The fourth-order valence-electron chi connectivity index (χ4n) is 2.82. The predicted octanol–water partition coefficient (Wildman–Crippen LogP) is 1.45. The Balaban J connectivity index is 2.05. The molecule has 1 saturated heterocycles. The van der Waals surface area contributed by atoms with Crippen molar-refractivity contribution in [1.29, 1.82) is 0 Å². The Morgan fingerprint density at radius 3 is 2.76 bits per heavy atom. The predicted molar refractivity (Wildman–Crippen MR) is 80.8 cm³/mol. The number of nitrogen functional groups attached to an aromatic ring is 1. The van der Waals surface area contributed by atoms with Gasteiger partial charge in [-0.2, -0.15) is 0 Å². The van der Waals surface area contributed by atoms with Gasteiger partial charge in [-0.05, 0) is 30.9 Å². The zero-order valence-electron chi connectivity index (χ0n) is 11.9. The summed E-state index contributed by atoms with van der Waals surface area (Å²) in [4.78, 5) is 4.51. The van der Waals surface area contributed by atoms with Gasteiger partial charge in [-0.1, -0.05) is 6.07 Å². The average Bonchev–Trinajstić information content (AvgIpc) is 2.75. The smallest absolute Gasteiger partial charge is 0.201 e. The Morgan fingerprint density at radius 2 is 2.10 bits per heavy atom. The summed E-state index contributed by atoms with van der Waals surface area (Å²) in [6, 6.07) is 5.18. The van der Waals surface area contributed by atoms with E-state index in [-0.39, 0.29) is 4.90 Å². The third kappa shape index (κ3) is 2.75. The number of anilines is 1. The minimum Gasteiger partial charge on any atom is -0.381 e. The van der Waals surface area contributed by atoms with E-state index < -0.39 is 9.84 Å². The van der Waals surface area contributed by atoms with Crippen LogP contribution in [0.4, 0.5) is 5.95 Å². The lowest BCUT2D eigenvalue weighted by molar-refractivity contribution is 0.0618. The van der Waals surface area contributed by atoms with Crippen molar-refractivity contribution >= 4 is 26.8 Å². The van der Waals surface area contributed by atoms with Crippen molar-refractivity contribution in [1.82, 2.24) is 9.55 Å². The number of imidazole rings is 1. The molecule has 2 heterocycles. The molecule has 0 radical (unpaired) electrons. The molecule has 21 heavy (non-hydrogen) atoms. The number of ether oxygens (including phenoxy) is 1. The van der Waals surface area contributed by atoms with Crippen molar-refractivity contribution in [2.24, 2.45) is 5.92 Å². The maximum absolute atomic E-state index is 11.9. The van der Waals surface area contributed by atoms with E-state index in [9.17, 15) is 8.42 Å². The molecule has 114 valence electrons. The normalized spacial score (nSPS) is 17.4. The van der Waals surface area contributed by atoms with E-state index >= 15 is 0 Å². The van der Waals surface area contributed by atoms with Gasteiger partial charge in [0.25, 0.3) is 0 Å². The molecule has 2 N–H and O–H groups in total. The number of hydrogen-bond acceptors (Lipinski definition) is 5. The maximum Gasteiger partial charge on any atom is 0.201 e. The first kappa shape index (κ1) is 14.3. The van der Waals surface area contributed by atoms with Crippen LogP contribution in [0, 0.1) is 5.92 Å². The lowest BCUT2D eigenvalue weighted by atomic mass is 10.0. The van der Waals surface area contributed by atoms with Crippen molar-refractivity contribution in [2.75, 3.05) is 25.2 Å². The standard InChI is InChI=1S/C14H19N3O3S/c1-21(18,19)12-4-2-3-11-13(12)16-14(15)17(11)9-10-5-7-20-8-6-10/h2-4,10H,5-9H2,1H3,(H2,15,16). The van der Waals surface area contributed by atoms with Crippen LogP contribution in [0.25, 0.3) is 11.0 Å². The molecule has 7 heteroatoms. The van der Waals surface area contributed by atoms with Gasteiger partial charge < -0.3 is 15.0 Å². The molecule has 0 bridgehead atoms. The molecule has 6 nitrogen and oxygen atoms in total. The van der Waals surface area contributed by atoms with Crippen LogP contribution < -0.4 is 5.73 Å². The van der Waals surface area contributed by atoms with Crippen molar-refractivity contribution in [3.8, 4) is 0 Å². The molecule has 0 amide bonds. The average molecular weight is 309 g/mol. The first-order valence-electron chi connectivity index (χ1n) is 6.99. The Bertz CT molecular complexity index is 761. The monoisotopic (exact) mass is 309 g/mol. The highest BCUT2D eigenvalue weighted by atomic mass is 32.2. The minimum atomic E-state index is -3.32. The number of benzene rings is 1. The molecule has 0 aliphatic carbocycles. The maximum atomic E-state index is 11.9. The van der Waals surface area contributed by atoms with Crippen molar-refractivity contribution < 1.29 is 13.2 Å². The van der Waals surface area contributed by atoms with Gasteiger partial charge in [-0.15, -0.1) is 0 Å². The molecule has 0 unspecified atom stereocenters. The van der Waals surface area contributed by atoms with E-state index in [0.29, 0.717) is 17.4 Å². The molecule has 1 aromatic carbocycles. The van der Waals surface area contributed by atoms with Gasteiger partial charge in [0, 0.05) is 26.0 Å². The van der Waals surface area contributed by atoms with E-state index in [2.05, 4.69) is 4.98 Å². The van der Waals surface area contributed by atoms with Gasteiger partial charge in [0.1, 0.15) is 5.52 Å². The number of para-hydroxylation sites is 1. The van der Waals surface area contributed by atoms with Crippen LogP contribution in [-0.4, -0.2) is 37.4 Å². The molecule has 0 spiro atoms. The van der Waals surface area contributed by atoms with Crippen molar-refractivity contribution in [2.45, 2.75) is 24.3 Å². The Labute approximate surface area is 123 Å². The Kier molecular flexibility index (Phi) is 3.62. The molecular formula is C14H19N3O3S. The van der Waals surface area contributed by atoms with Crippen molar-refractivity contribution in [3.63, 3.8) is 0 Å². The summed E-state index contributed by atoms with van der Waals surface area (Å²) in [5, 5.41) is 0. The first-order valence-corrected chi connectivity index (χ1v) is 8.88. The SMILES string of the molecule is CS(=O)(=O)c1cccc2c1nc(N)n2CC1CCOCC1. The first-order chi connectivity index (χ1) is 9.97. The third-order valence-corrected chi connectivity index (χ3v) is 5.08. The number of hydrogen-bond donors (Lipinski definition) is 1. The summed E-state index contributed by atoms with van der Waals surface area (Å²) in [5.41, 5.74) is 7.25. The molecule has 3 rings (SSSR count). The van der Waals surface area contributed by atoms with Crippen LogP contribution in [0.1, 0.15) is 12.8 Å². The quantitative estimate of drug-likeness (QED) is 0.927. The zero-order valence-corrected chi connectivity index (χ0v) is 12.8. The molecule has 0 saturated carbocycles. The third-order valence-electron chi connectivity index (χ3n) is 3.95. The van der Waals surface area contributed by atoms with Crippen LogP contribution >= 0.6 is 0 Å². The van der Waals surface area contributed by atoms with Crippen LogP contribution in [0.15, 0.2) is 23.1 Å². The van der Waals surface area contributed by atoms with E-state index in [4.69, 9.17) is 10.5 Å². The molecular weight excluding hydrogens is 290 g/mol. The van der Waals surface area contributed by atoms with Gasteiger partial charge in [-0.3, -0.25) is 0 Å². The Morgan fingerprint density at radius 1 is 1.38 bits per heavy atom. The topological polar surface area (TPSA) is 87.2 Å². The molecule has 1 aliphatic heterocycles. The highest BCUT2D eigenvalue weighted by Gasteiger charge is 2.20. The number of nitrogens with zero attached hydrogens (tertiary/aromatic N) is 2. The van der Waals surface area contributed by atoms with E-state index in [1.54, 1.807) is 12.1 Å². The second-order valence-electron chi connectivity index (χ2n) is 5.53. The zero-order chi connectivity index (χ0) is 15.0. The second-order valence-corrected chi connectivity index (χ2v) is 7.52. The van der Waals surface area contributed by atoms with Gasteiger partial charge in [-0.25, -0.2) is 13.4 Å². The molecule has 1 aliphatic rings. The van der Waals surface area contributed by atoms with Crippen LogP contribution in [0.5, 0.6) is 0 Å². The van der Waals surface area contributed by atoms with Gasteiger partial charge >= 0.3 is 0 Å². The summed E-state index contributed by atoms with van der Waals surface area (Å²) in [6.45, 7) is 2.29. The Hall–Kier alpha value is -1.60. The summed E-state index contributed by atoms with van der Waals surface area (Å²) < 4.78 is 31.0. The highest BCUT2D eigenvalue weighted by Crippen LogP contribution is 2.27. The summed E-state index contributed by atoms with van der Waals surface area (Å²) in [7, 11) is -3.32. The number of nitrogens with two attached hydrogens (primary N) is 1. The van der Waals surface area contributed by atoms with E-state index in [0.717, 1.165) is 38.1 Å². The molecule has 1 fully saturated rings. The molecule has 0 atom stereocenters. The number of rotatable bonds is 3. The van der Waals surface area contributed by atoms with Gasteiger partial charge in [0.05, 0.1) is 10.4 Å². The van der Waals surface area contributed by atoms with Crippen LogP contribution in [0.2, 0.25) is 0 Å². The summed E-state index contributed by atoms with van der Waals surface area (Å²) >= 11 is 0. The fraction of sp³-hybridized carbons (Fsp3) is 0.500. The van der Waals surface area contributed by atoms with Gasteiger partial charge in [0.15, 0.2) is 9.84 Å². The largest absolute Gasteiger partial charge is 0.381 e.